The SMILES string of the molecule is CC(=O)c1nc2c(C)cccc2o1. The van der Waals surface area contributed by atoms with E-state index in [4.69, 9.17) is 4.42 Å². The van der Waals surface area contributed by atoms with Crippen LogP contribution in [0.2, 0.25) is 0 Å². The molecular formula is C10H9NO2. The van der Waals surface area contributed by atoms with Crippen LogP contribution in [0.25, 0.3) is 11.1 Å². The molecule has 0 atom stereocenters. The highest BCUT2D eigenvalue weighted by Gasteiger charge is 2.10. The molecule has 2 rings (SSSR count). The Hall–Kier alpha value is -1.64. The first-order valence-electron chi connectivity index (χ1n) is 4.05. The minimum Gasteiger partial charge on any atom is -0.434 e. The van der Waals surface area contributed by atoms with E-state index < -0.39 is 0 Å². The van der Waals surface area contributed by atoms with Gasteiger partial charge in [-0.25, -0.2) is 4.98 Å². The van der Waals surface area contributed by atoms with Crippen LogP contribution in [0, 0.1) is 6.92 Å². The molecule has 0 N–H and O–H groups in total. The summed E-state index contributed by atoms with van der Waals surface area (Å²) in [7, 11) is 0. The van der Waals surface area contributed by atoms with Crippen molar-refractivity contribution in [1.29, 1.82) is 0 Å². The number of benzene rings is 1. The molecule has 0 saturated carbocycles. The summed E-state index contributed by atoms with van der Waals surface area (Å²) in [4.78, 5) is 15.1. The van der Waals surface area contributed by atoms with Crippen LogP contribution in [0.1, 0.15) is 23.2 Å². The zero-order valence-corrected chi connectivity index (χ0v) is 7.50. The summed E-state index contributed by atoms with van der Waals surface area (Å²) in [6.07, 6.45) is 0. The predicted octanol–water partition coefficient (Wildman–Crippen LogP) is 2.34. The number of ketones is 1. The fraction of sp³-hybridized carbons (Fsp3) is 0.200. The zero-order chi connectivity index (χ0) is 9.42. The second-order valence-electron chi connectivity index (χ2n) is 3.00. The molecule has 3 heteroatoms. The highest BCUT2D eigenvalue weighted by molar-refractivity contribution is 5.92. The molecule has 13 heavy (non-hydrogen) atoms. The van der Waals surface area contributed by atoms with Crippen LogP contribution < -0.4 is 0 Å². The van der Waals surface area contributed by atoms with Gasteiger partial charge in [0.25, 0.3) is 5.89 Å². The van der Waals surface area contributed by atoms with E-state index in [1.165, 1.54) is 6.92 Å². The topological polar surface area (TPSA) is 43.1 Å². The first-order valence-corrected chi connectivity index (χ1v) is 4.05. The predicted molar refractivity (Wildman–Crippen MR) is 48.8 cm³/mol. The molecule has 1 heterocycles. The number of carbonyl (C=O) groups excluding carboxylic acids is 1. The first-order chi connectivity index (χ1) is 6.18. The Morgan fingerprint density at radius 3 is 2.85 bits per heavy atom. The summed E-state index contributed by atoms with van der Waals surface area (Å²) in [6, 6.07) is 5.63. The molecule has 0 aliphatic heterocycles. The quantitative estimate of drug-likeness (QED) is 0.625. The van der Waals surface area contributed by atoms with Crippen LogP contribution in [0.5, 0.6) is 0 Å². The van der Waals surface area contributed by atoms with Gasteiger partial charge in [0.05, 0.1) is 0 Å². The van der Waals surface area contributed by atoms with Crippen molar-refractivity contribution in [2.75, 3.05) is 0 Å². The Morgan fingerprint density at radius 2 is 2.23 bits per heavy atom. The number of rotatable bonds is 1. The molecule has 0 unspecified atom stereocenters. The molecule has 0 bridgehead atoms. The number of fused-ring (bicyclic) bond motifs is 1. The summed E-state index contributed by atoms with van der Waals surface area (Å²) in [5, 5.41) is 0. The molecule has 0 aliphatic carbocycles. The second-order valence-corrected chi connectivity index (χ2v) is 3.00. The van der Waals surface area contributed by atoms with Crippen molar-refractivity contribution in [3.63, 3.8) is 0 Å². The number of nitrogens with zero attached hydrogens (tertiary/aromatic N) is 1. The standard InChI is InChI=1S/C10H9NO2/c1-6-4-3-5-8-9(6)11-10(13-8)7(2)12/h3-5H,1-2H3. The summed E-state index contributed by atoms with van der Waals surface area (Å²) >= 11 is 0. The van der Waals surface area contributed by atoms with Crippen molar-refractivity contribution < 1.29 is 9.21 Å². The number of aryl methyl sites for hydroxylation is 1. The molecule has 0 radical (unpaired) electrons. The highest BCUT2D eigenvalue weighted by Crippen LogP contribution is 2.18. The molecule has 1 aromatic heterocycles. The number of aromatic nitrogens is 1. The van der Waals surface area contributed by atoms with Crippen LogP contribution in [-0.2, 0) is 0 Å². The van der Waals surface area contributed by atoms with E-state index >= 15 is 0 Å². The van der Waals surface area contributed by atoms with Crippen molar-refractivity contribution in [3.8, 4) is 0 Å². The number of para-hydroxylation sites is 1. The summed E-state index contributed by atoms with van der Waals surface area (Å²) in [6.45, 7) is 3.38. The van der Waals surface area contributed by atoms with Gasteiger partial charge in [-0.2, -0.15) is 0 Å². The highest BCUT2D eigenvalue weighted by atomic mass is 16.4. The van der Waals surface area contributed by atoms with Gasteiger partial charge in [-0.15, -0.1) is 0 Å². The van der Waals surface area contributed by atoms with Crippen molar-refractivity contribution in [1.82, 2.24) is 4.98 Å². The van der Waals surface area contributed by atoms with Crippen LogP contribution in [0.3, 0.4) is 0 Å². The lowest BCUT2D eigenvalue weighted by Gasteiger charge is -1.88. The van der Waals surface area contributed by atoms with Crippen LogP contribution in [-0.4, -0.2) is 10.8 Å². The average Bonchev–Trinajstić information content (AvgIpc) is 2.49. The molecule has 0 saturated heterocycles. The van der Waals surface area contributed by atoms with E-state index in [1.54, 1.807) is 0 Å². The summed E-state index contributed by atoms with van der Waals surface area (Å²) in [5.41, 5.74) is 2.46. The van der Waals surface area contributed by atoms with E-state index in [0.717, 1.165) is 11.1 Å². The zero-order valence-electron chi connectivity index (χ0n) is 7.50. The van der Waals surface area contributed by atoms with Gasteiger partial charge in [0.1, 0.15) is 5.52 Å². The van der Waals surface area contributed by atoms with Gasteiger partial charge in [-0.05, 0) is 18.6 Å². The third kappa shape index (κ3) is 1.22. The van der Waals surface area contributed by atoms with Crippen molar-refractivity contribution in [2.45, 2.75) is 13.8 Å². The third-order valence-corrected chi connectivity index (χ3v) is 1.92. The average molecular weight is 175 g/mol. The molecular weight excluding hydrogens is 166 g/mol. The van der Waals surface area contributed by atoms with Gasteiger partial charge in [0, 0.05) is 6.92 Å². The number of oxazole rings is 1. The smallest absolute Gasteiger partial charge is 0.263 e. The Bertz CT molecular complexity index is 471. The number of carbonyl (C=O) groups is 1. The van der Waals surface area contributed by atoms with Crippen molar-refractivity contribution in [2.24, 2.45) is 0 Å². The minimum atomic E-state index is -0.143. The second kappa shape index (κ2) is 2.69. The van der Waals surface area contributed by atoms with Gasteiger partial charge in [0.2, 0.25) is 5.78 Å². The van der Waals surface area contributed by atoms with E-state index in [9.17, 15) is 4.79 Å². The monoisotopic (exact) mass is 175 g/mol. The third-order valence-electron chi connectivity index (χ3n) is 1.92. The lowest BCUT2D eigenvalue weighted by Crippen LogP contribution is -1.90. The Morgan fingerprint density at radius 1 is 1.46 bits per heavy atom. The lowest BCUT2D eigenvalue weighted by atomic mass is 10.2. The summed E-state index contributed by atoms with van der Waals surface area (Å²) < 4.78 is 5.25. The Balaban J connectivity index is 2.75. The normalized spacial score (nSPS) is 10.6. The fourth-order valence-electron chi connectivity index (χ4n) is 1.24. The van der Waals surface area contributed by atoms with Gasteiger partial charge in [0.15, 0.2) is 5.58 Å². The summed E-state index contributed by atoms with van der Waals surface area (Å²) in [5.74, 6) is 0.0416. The van der Waals surface area contributed by atoms with Gasteiger partial charge in [-0.1, -0.05) is 12.1 Å². The molecule has 3 nitrogen and oxygen atoms in total. The molecule has 2 aromatic rings. The van der Waals surface area contributed by atoms with Gasteiger partial charge in [-0.3, -0.25) is 4.79 Å². The van der Waals surface area contributed by atoms with Gasteiger partial charge >= 0.3 is 0 Å². The minimum absolute atomic E-state index is 0.143. The Kier molecular flexibility index (Phi) is 1.65. The van der Waals surface area contributed by atoms with Crippen molar-refractivity contribution in [3.05, 3.63) is 29.7 Å². The number of Topliss-reactive ketones (excluding diaryl/α,β-unsaturated/α-hetero) is 1. The van der Waals surface area contributed by atoms with E-state index in [0.29, 0.717) is 5.58 Å². The number of hydrogen-bond acceptors (Lipinski definition) is 3. The van der Waals surface area contributed by atoms with Crippen LogP contribution in [0.4, 0.5) is 0 Å². The maximum Gasteiger partial charge on any atom is 0.263 e. The van der Waals surface area contributed by atoms with Crippen molar-refractivity contribution >= 4 is 16.9 Å². The van der Waals surface area contributed by atoms with E-state index in [2.05, 4.69) is 4.98 Å². The first kappa shape index (κ1) is 7.98. The molecule has 1 aromatic carbocycles. The number of hydrogen-bond donors (Lipinski definition) is 0. The molecule has 0 amide bonds. The fourth-order valence-corrected chi connectivity index (χ4v) is 1.24. The molecule has 0 spiro atoms. The molecule has 0 fully saturated rings. The maximum atomic E-state index is 11.0. The maximum absolute atomic E-state index is 11.0. The largest absolute Gasteiger partial charge is 0.434 e. The van der Waals surface area contributed by atoms with Crippen LogP contribution >= 0.6 is 0 Å². The Labute approximate surface area is 75.4 Å². The molecule has 66 valence electrons. The lowest BCUT2D eigenvalue weighted by molar-refractivity contribution is 0.0983. The molecule has 0 aliphatic rings. The van der Waals surface area contributed by atoms with E-state index in [1.807, 2.05) is 25.1 Å². The van der Waals surface area contributed by atoms with Crippen LogP contribution in [0.15, 0.2) is 22.6 Å². The van der Waals surface area contributed by atoms with Gasteiger partial charge < -0.3 is 4.42 Å². The van der Waals surface area contributed by atoms with E-state index in [-0.39, 0.29) is 11.7 Å².